The van der Waals surface area contributed by atoms with Gasteiger partial charge in [-0.2, -0.15) is 0 Å². The van der Waals surface area contributed by atoms with E-state index < -0.39 is 23.1 Å². The maximum absolute atomic E-state index is 13.0. The summed E-state index contributed by atoms with van der Waals surface area (Å²) < 4.78 is 7.64. The van der Waals surface area contributed by atoms with Crippen LogP contribution in [0.5, 0.6) is 0 Å². The highest BCUT2D eigenvalue weighted by molar-refractivity contribution is 5.94. The molecule has 3 heterocycles. The summed E-state index contributed by atoms with van der Waals surface area (Å²) in [5, 5.41) is 3.03. The van der Waals surface area contributed by atoms with Crippen LogP contribution < -0.4 is 16.6 Å². The second kappa shape index (κ2) is 8.26. The van der Waals surface area contributed by atoms with Crippen molar-refractivity contribution in [2.75, 3.05) is 11.9 Å². The Hall–Kier alpha value is -3.13. The van der Waals surface area contributed by atoms with Crippen molar-refractivity contribution in [1.82, 2.24) is 14.1 Å². The molecule has 2 aromatic heterocycles. The van der Waals surface area contributed by atoms with Crippen LogP contribution in [0.25, 0.3) is 0 Å². The molecule has 0 bridgehead atoms. The third-order valence-corrected chi connectivity index (χ3v) is 4.58. The first-order valence-corrected chi connectivity index (χ1v) is 8.34. The molecule has 3 rings (SSSR count). The summed E-state index contributed by atoms with van der Waals surface area (Å²) in [6, 6.07) is 3.47. The molecule has 148 valence electrons. The van der Waals surface area contributed by atoms with Gasteiger partial charge in [0, 0.05) is 32.2 Å². The Bertz CT molecular complexity index is 1070. The highest BCUT2D eigenvalue weighted by atomic mass is 35.5. The SMILES string of the molecule is C=CCOC(=O)C1=C(C)Nc2c(c(=O)n(C)c(=O)n2C)C1c1ccncc1.Cl. The molecule has 8 nitrogen and oxygen atoms in total. The lowest BCUT2D eigenvalue weighted by Gasteiger charge is -2.30. The lowest BCUT2D eigenvalue weighted by molar-refractivity contribution is -0.138. The molecule has 1 aliphatic heterocycles. The number of carbonyl (C=O) groups is 1. The number of anilines is 1. The number of esters is 1. The van der Waals surface area contributed by atoms with E-state index in [9.17, 15) is 14.4 Å². The normalized spacial score (nSPS) is 15.2. The van der Waals surface area contributed by atoms with E-state index in [1.54, 1.807) is 38.5 Å². The van der Waals surface area contributed by atoms with Crippen LogP contribution in [-0.2, 0) is 23.6 Å². The second-order valence-electron chi connectivity index (χ2n) is 6.23. The monoisotopic (exact) mass is 404 g/mol. The number of ether oxygens (including phenoxy) is 1. The fourth-order valence-corrected chi connectivity index (χ4v) is 3.26. The summed E-state index contributed by atoms with van der Waals surface area (Å²) in [5.74, 6) is -0.877. The predicted octanol–water partition coefficient (Wildman–Crippen LogP) is 1.46. The Labute approximate surface area is 167 Å². The number of pyridine rings is 1. The molecule has 9 heteroatoms. The molecular weight excluding hydrogens is 384 g/mol. The lowest BCUT2D eigenvalue weighted by atomic mass is 9.82. The minimum Gasteiger partial charge on any atom is -0.458 e. The molecule has 1 atom stereocenters. The maximum atomic E-state index is 13.0. The van der Waals surface area contributed by atoms with Gasteiger partial charge in [0.2, 0.25) is 0 Å². The lowest BCUT2D eigenvalue weighted by Crippen LogP contribution is -2.43. The van der Waals surface area contributed by atoms with Crippen LogP contribution in [0.15, 0.2) is 58.0 Å². The number of hydrogen-bond acceptors (Lipinski definition) is 6. The van der Waals surface area contributed by atoms with Gasteiger partial charge in [0.25, 0.3) is 5.56 Å². The van der Waals surface area contributed by atoms with E-state index in [0.717, 1.165) is 4.57 Å². The number of hydrogen-bond donors (Lipinski definition) is 1. The summed E-state index contributed by atoms with van der Waals surface area (Å²) in [6.45, 7) is 5.31. The van der Waals surface area contributed by atoms with E-state index >= 15 is 0 Å². The molecule has 0 radical (unpaired) electrons. The maximum Gasteiger partial charge on any atom is 0.337 e. The minimum absolute atomic E-state index is 0. The molecule has 0 amide bonds. The number of halogens is 1. The molecule has 2 aromatic rings. The predicted molar refractivity (Wildman–Crippen MR) is 108 cm³/mol. The Morgan fingerprint density at radius 1 is 1.29 bits per heavy atom. The van der Waals surface area contributed by atoms with Crippen molar-refractivity contribution in [2.45, 2.75) is 12.8 Å². The van der Waals surface area contributed by atoms with Gasteiger partial charge in [0.05, 0.1) is 17.1 Å². The average Bonchev–Trinajstić information content (AvgIpc) is 2.68. The van der Waals surface area contributed by atoms with Crippen LogP contribution in [0.1, 0.15) is 24.0 Å². The van der Waals surface area contributed by atoms with Crippen LogP contribution in [0.4, 0.5) is 5.82 Å². The van der Waals surface area contributed by atoms with E-state index in [1.165, 1.54) is 17.7 Å². The van der Waals surface area contributed by atoms with Crippen LogP contribution >= 0.6 is 12.4 Å². The highest BCUT2D eigenvalue weighted by Gasteiger charge is 2.37. The number of carbonyl (C=O) groups excluding carboxylic acids is 1. The molecule has 1 aliphatic rings. The van der Waals surface area contributed by atoms with Crippen molar-refractivity contribution in [1.29, 1.82) is 0 Å². The number of allylic oxidation sites excluding steroid dienone is 1. The van der Waals surface area contributed by atoms with Crippen molar-refractivity contribution in [3.8, 4) is 0 Å². The fraction of sp³-hybridized carbons (Fsp3) is 0.263. The van der Waals surface area contributed by atoms with Crippen LogP contribution in [0.2, 0.25) is 0 Å². The third kappa shape index (κ3) is 3.38. The number of nitrogens with one attached hydrogen (secondary N) is 1. The van der Waals surface area contributed by atoms with Gasteiger partial charge in [-0.05, 0) is 24.6 Å². The van der Waals surface area contributed by atoms with E-state index in [2.05, 4.69) is 16.9 Å². The quantitative estimate of drug-likeness (QED) is 0.612. The molecule has 0 spiro atoms. The fourth-order valence-electron chi connectivity index (χ4n) is 3.26. The number of rotatable bonds is 4. The van der Waals surface area contributed by atoms with Crippen molar-refractivity contribution in [3.63, 3.8) is 0 Å². The van der Waals surface area contributed by atoms with E-state index in [1.807, 2.05) is 0 Å². The standard InChI is InChI=1S/C19H20N4O4.ClH/c1-5-10-27-18(25)13-11(2)21-16-15(14(13)12-6-8-20-9-7-12)17(24)23(4)19(26)22(16)3;/h5-9,14,21H,1,10H2,2-4H3;1H. The molecule has 0 saturated carbocycles. The molecule has 1 unspecified atom stereocenters. The topological polar surface area (TPSA) is 95.2 Å². The highest BCUT2D eigenvalue weighted by Crippen LogP contribution is 2.39. The Balaban J connectivity index is 0.00000280. The van der Waals surface area contributed by atoms with Crippen molar-refractivity contribution in [2.24, 2.45) is 14.1 Å². The van der Waals surface area contributed by atoms with Gasteiger partial charge in [0.1, 0.15) is 12.4 Å². The summed E-state index contributed by atoms with van der Waals surface area (Å²) in [4.78, 5) is 42.0. The molecule has 0 saturated heterocycles. The Morgan fingerprint density at radius 3 is 2.54 bits per heavy atom. The first kappa shape index (κ1) is 21.2. The van der Waals surface area contributed by atoms with Crippen molar-refractivity contribution in [3.05, 3.63) is 80.4 Å². The van der Waals surface area contributed by atoms with Gasteiger partial charge in [-0.15, -0.1) is 12.4 Å². The number of nitrogens with zero attached hydrogens (tertiary/aromatic N) is 3. The van der Waals surface area contributed by atoms with Crippen LogP contribution in [0.3, 0.4) is 0 Å². The summed E-state index contributed by atoms with van der Waals surface area (Å²) in [5.41, 5.74) is 0.914. The zero-order chi connectivity index (χ0) is 19.7. The second-order valence-corrected chi connectivity index (χ2v) is 6.23. The number of fused-ring (bicyclic) bond motifs is 1. The average molecular weight is 405 g/mol. The first-order valence-electron chi connectivity index (χ1n) is 8.34. The zero-order valence-electron chi connectivity index (χ0n) is 15.8. The smallest absolute Gasteiger partial charge is 0.337 e. The minimum atomic E-state index is -0.688. The Morgan fingerprint density at radius 2 is 1.93 bits per heavy atom. The van der Waals surface area contributed by atoms with Crippen molar-refractivity contribution < 1.29 is 9.53 Å². The molecule has 1 N–H and O–H groups in total. The number of aromatic nitrogens is 3. The molecule has 0 aromatic carbocycles. The van der Waals surface area contributed by atoms with Gasteiger partial charge >= 0.3 is 11.7 Å². The van der Waals surface area contributed by atoms with E-state index in [0.29, 0.717) is 28.2 Å². The third-order valence-electron chi connectivity index (χ3n) is 4.58. The molecule has 0 fully saturated rings. The largest absolute Gasteiger partial charge is 0.458 e. The summed E-state index contributed by atoms with van der Waals surface area (Å²) in [6.07, 6.45) is 4.65. The van der Waals surface area contributed by atoms with Gasteiger partial charge in [-0.3, -0.25) is 18.9 Å². The van der Waals surface area contributed by atoms with E-state index in [4.69, 9.17) is 4.74 Å². The van der Waals surface area contributed by atoms with Gasteiger partial charge in [0.15, 0.2) is 0 Å². The van der Waals surface area contributed by atoms with Crippen LogP contribution in [-0.4, -0.2) is 26.7 Å². The van der Waals surface area contributed by atoms with Gasteiger partial charge < -0.3 is 10.1 Å². The summed E-state index contributed by atoms with van der Waals surface area (Å²) >= 11 is 0. The Kier molecular flexibility index (Phi) is 6.25. The van der Waals surface area contributed by atoms with Crippen molar-refractivity contribution >= 4 is 24.2 Å². The van der Waals surface area contributed by atoms with Crippen LogP contribution in [0, 0.1) is 0 Å². The van der Waals surface area contributed by atoms with Gasteiger partial charge in [-0.1, -0.05) is 12.7 Å². The molecular formula is C19H21ClN4O4. The van der Waals surface area contributed by atoms with E-state index in [-0.39, 0.29) is 19.0 Å². The molecule has 0 aliphatic carbocycles. The van der Waals surface area contributed by atoms with Gasteiger partial charge in [-0.25, -0.2) is 9.59 Å². The zero-order valence-corrected chi connectivity index (χ0v) is 16.6. The summed E-state index contributed by atoms with van der Waals surface area (Å²) in [7, 11) is 2.99. The first-order chi connectivity index (χ1) is 12.9. The molecule has 28 heavy (non-hydrogen) atoms.